The van der Waals surface area contributed by atoms with Crippen LogP contribution in [0.15, 0.2) is 23.8 Å². The zero-order valence-electron chi connectivity index (χ0n) is 19.1. The van der Waals surface area contributed by atoms with Gasteiger partial charge in [0.2, 0.25) is 0 Å². The molecule has 0 heterocycles. The molecule has 0 aromatic carbocycles. The summed E-state index contributed by atoms with van der Waals surface area (Å²) >= 11 is 0. The molecule has 4 aliphatic rings. The van der Waals surface area contributed by atoms with E-state index in [1.54, 1.807) is 6.08 Å². The molecule has 7 atom stereocenters. The van der Waals surface area contributed by atoms with E-state index >= 15 is 0 Å². The Morgan fingerprint density at radius 3 is 2.60 bits per heavy atom. The Bertz CT molecular complexity index is 773. The van der Waals surface area contributed by atoms with Crippen molar-refractivity contribution in [2.24, 2.45) is 34.5 Å². The second-order valence-corrected chi connectivity index (χ2v) is 10.6. The number of rotatable bonds is 5. The van der Waals surface area contributed by atoms with Crippen LogP contribution in [0, 0.1) is 34.5 Å². The maximum atomic E-state index is 12.1. The van der Waals surface area contributed by atoms with Gasteiger partial charge in [-0.05, 0) is 86.2 Å². The number of allylic oxidation sites excluding steroid dienone is 4. The van der Waals surface area contributed by atoms with Crippen LogP contribution in [0.5, 0.6) is 0 Å². The van der Waals surface area contributed by atoms with Crippen molar-refractivity contribution in [3.63, 3.8) is 0 Å². The predicted molar refractivity (Wildman–Crippen MR) is 110 cm³/mol. The van der Waals surface area contributed by atoms with E-state index in [1.165, 1.54) is 5.57 Å². The summed E-state index contributed by atoms with van der Waals surface area (Å²) in [6.07, 6.45) is 12.9. The van der Waals surface area contributed by atoms with Gasteiger partial charge in [0, 0.05) is 11.4 Å². The Morgan fingerprint density at radius 1 is 1.23 bits per heavy atom. The van der Waals surface area contributed by atoms with Gasteiger partial charge in [0.25, 0.3) is 0 Å². The van der Waals surface area contributed by atoms with Gasteiger partial charge in [0.15, 0.2) is 5.78 Å². The summed E-state index contributed by atoms with van der Waals surface area (Å²) in [6.45, 7) is 6.75. The number of carboxylic acid groups (broad SMARTS) is 1. The third kappa shape index (κ3) is 3.79. The molecule has 5 heteroatoms. The number of hydrogen-bond donors (Lipinski definition) is 1. The summed E-state index contributed by atoms with van der Waals surface area (Å²) in [7, 11) is 0. The zero-order valence-corrected chi connectivity index (χ0v) is 22.2. The summed E-state index contributed by atoms with van der Waals surface area (Å²) < 4.78 is 0. The molecule has 3 saturated carbocycles. The van der Waals surface area contributed by atoms with Gasteiger partial charge in [-0.2, -0.15) is 0 Å². The van der Waals surface area contributed by atoms with E-state index in [9.17, 15) is 19.8 Å². The first-order valence-corrected chi connectivity index (χ1v) is 11.5. The standard InChI is InChI=1S/C25H36O4.K/c1-4-5-16-14-17-15-18(26)6-10-23(17,2)19-7-11-24(3)20(22(16)19)8-12-25(24,29)13-9-21(27)28;/h6,10,15-16,19-20,22,29H,4-5,7-9,11-14H2,1-3H3,(H,27,28);/q;+1/p-1/t16-,19+,20+,22-,23+,24+,25-;/m1./s1. The van der Waals surface area contributed by atoms with E-state index in [-0.39, 0.29) is 74.4 Å². The summed E-state index contributed by atoms with van der Waals surface area (Å²) in [6, 6.07) is 0. The number of ketones is 1. The maximum Gasteiger partial charge on any atom is 1.00 e. The molecule has 0 unspecified atom stereocenters. The largest absolute Gasteiger partial charge is 1.00 e. The summed E-state index contributed by atoms with van der Waals surface area (Å²) in [4.78, 5) is 23.2. The van der Waals surface area contributed by atoms with Crippen LogP contribution in [0.1, 0.15) is 78.6 Å². The molecule has 4 rings (SSSR count). The normalized spacial score (nSPS) is 44.4. The Hall–Kier alpha value is 0.216. The van der Waals surface area contributed by atoms with Gasteiger partial charge in [-0.15, -0.1) is 0 Å². The van der Waals surface area contributed by atoms with Crippen LogP contribution in [-0.4, -0.2) is 22.5 Å². The van der Waals surface area contributed by atoms with Crippen LogP contribution in [-0.2, 0) is 9.59 Å². The van der Waals surface area contributed by atoms with Crippen molar-refractivity contribution >= 4 is 11.8 Å². The fraction of sp³-hybridized carbons (Fsp3) is 0.760. The number of aliphatic carboxylic acids is 1. The summed E-state index contributed by atoms with van der Waals surface area (Å²) in [5, 5.41) is 22.7. The van der Waals surface area contributed by atoms with Crippen LogP contribution in [0.25, 0.3) is 0 Å². The van der Waals surface area contributed by atoms with Gasteiger partial charge in [-0.25, -0.2) is 0 Å². The van der Waals surface area contributed by atoms with Crippen LogP contribution in [0.3, 0.4) is 0 Å². The average molecular weight is 439 g/mol. The minimum absolute atomic E-state index is 0. The van der Waals surface area contributed by atoms with Crippen molar-refractivity contribution in [3.05, 3.63) is 23.8 Å². The second-order valence-electron chi connectivity index (χ2n) is 10.6. The summed E-state index contributed by atoms with van der Waals surface area (Å²) in [5.74, 6) is 1.01. The molecule has 4 nitrogen and oxygen atoms in total. The number of carbonyl (C=O) groups excluding carboxylic acids is 2. The molecule has 0 bridgehead atoms. The monoisotopic (exact) mass is 438 g/mol. The number of carboxylic acids is 1. The fourth-order valence-corrected chi connectivity index (χ4v) is 7.85. The van der Waals surface area contributed by atoms with E-state index in [1.807, 2.05) is 6.08 Å². The van der Waals surface area contributed by atoms with Gasteiger partial charge in [0.1, 0.15) is 0 Å². The van der Waals surface area contributed by atoms with E-state index in [2.05, 4.69) is 26.8 Å². The Morgan fingerprint density at radius 2 is 1.93 bits per heavy atom. The SMILES string of the molecule is CCC[C@@H]1CC2=CC(=O)C=C[C@]2(C)[C@H]2CC[C@@]3(C)[C@@H](CC[C@@]3(O)CCC(=O)[O-])[C@H]12.[K+]. The smallest absolute Gasteiger partial charge is 0.550 e. The molecule has 3 fully saturated rings. The topological polar surface area (TPSA) is 77.4 Å². The maximum absolute atomic E-state index is 12.1. The Kier molecular flexibility index (Phi) is 7.35. The average Bonchev–Trinajstić information content (AvgIpc) is 2.93. The van der Waals surface area contributed by atoms with Gasteiger partial charge >= 0.3 is 51.4 Å². The molecule has 0 radical (unpaired) electrons. The van der Waals surface area contributed by atoms with Crippen molar-refractivity contribution in [1.82, 2.24) is 0 Å². The van der Waals surface area contributed by atoms with Crippen LogP contribution < -0.4 is 56.5 Å². The molecule has 1 N–H and O–H groups in total. The van der Waals surface area contributed by atoms with E-state index < -0.39 is 11.6 Å². The first-order valence-electron chi connectivity index (χ1n) is 11.5. The van der Waals surface area contributed by atoms with Gasteiger partial charge < -0.3 is 15.0 Å². The minimum atomic E-state index is -1.07. The predicted octanol–water partition coefficient (Wildman–Crippen LogP) is 0.586. The first kappa shape index (κ1) is 24.9. The number of aliphatic hydroxyl groups is 1. The molecule has 0 aromatic rings. The molecular weight excluding hydrogens is 403 g/mol. The van der Waals surface area contributed by atoms with Gasteiger partial charge in [0.05, 0.1) is 5.60 Å². The second kappa shape index (κ2) is 8.87. The number of hydrogen-bond acceptors (Lipinski definition) is 4. The summed E-state index contributed by atoms with van der Waals surface area (Å²) in [5.41, 5.74) is 0.102. The van der Waals surface area contributed by atoms with Crippen molar-refractivity contribution in [2.75, 3.05) is 0 Å². The van der Waals surface area contributed by atoms with Crippen LogP contribution >= 0.6 is 0 Å². The van der Waals surface area contributed by atoms with Crippen molar-refractivity contribution < 1.29 is 71.2 Å². The molecule has 30 heavy (non-hydrogen) atoms. The Labute approximate surface area is 223 Å². The molecule has 0 saturated heterocycles. The molecular formula is C25H35KO4. The molecule has 4 aliphatic carbocycles. The fourth-order valence-electron chi connectivity index (χ4n) is 7.85. The van der Waals surface area contributed by atoms with E-state index in [4.69, 9.17) is 0 Å². The van der Waals surface area contributed by atoms with E-state index in [0.29, 0.717) is 36.5 Å². The van der Waals surface area contributed by atoms with Crippen molar-refractivity contribution in [2.45, 2.75) is 84.2 Å². The van der Waals surface area contributed by atoms with Crippen molar-refractivity contribution in [1.29, 1.82) is 0 Å². The molecule has 0 amide bonds. The van der Waals surface area contributed by atoms with Crippen molar-refractivity contribution in [3.8, 4) is 0 Å². The number of fused-ring (bicyclic) bond motifs is 5. The Balaban J connectivity index is 0.00000256. The molecule has 0 aliphatic heterocycles. The van der Waals surface area contributed by atoms with Crippen LogP contribution in [0.4, 0.5) is 0 Å². The zero-order chi connectivity index (χ0) is 21.0. The minimum Gasteiger partial charge on any atom is -0.550 e. The van der Waals surface area contributed by atoms with Gasteiger partial charge in [-0.3, -0.25) is 4.79 Å². The first-order chi connectivity index (χ1) is 13.6. The van der Waals surface area contributed by atoms with Crippen LogP contribution in [0.2, 0.25) is 0 Å². The number of carbonyl (C=O) groups is 2. The molecule has 160 valence electrons. The van der Waals surface area contributed by atoms with E-state index in [0.717, 1.165) is 38.5 Å². The third-order valence-corrected chi connectivity index (χ3v) is 9.46. The molecule has 0 aromatic heterocycles. The quantitative estimate of drug-likeness (QED) is 0.637. The third-order valence-electron chi connectivity index (χ3n) is 9.46. The molecule has 0 spiro atoms. The van der Waals surface area contributed by atoms with Gasteiger partial charge in [-0.1, -0.05) is 45.3 Å².